The van der Waals surface area contributed by atoms with Crippen LogP contribution in [0.25, 0.3) is 0 Å². The van der Waals surface area contributed by atoms with Gasteiger partial charge < -0.3 is 9.73 Å². The number of pyridine rings is 1. The van der Waals surface area contributed by atoms with E-state index in [-0.39, 0.29) is 0 Å². The van der Waals surface area contributed by atoms with Gasteiger partial charge in [-0.15, -0.1) is 0 Å². The van der Waals surface area contributed by atoms with Crippen LogP contribution in [0, 0.1) is 6.92 Å². The minimum absolute atomic E-state index is 0.879. The zero-order valence-corrected chi connectivity index (χ0v) is 11.8. The summed E-state index contributed by atoms with van der Waals surface area (Å²) in [4.78, 5) is 6.63. The van der Waals surface area contributed by atoms with Crippen molar-refractivity contribution in [2.75, 3.05) is 18.9 Å². The molecule has 0 saturated carbocycles. The first kappa shape index (κ1) is 13.6. The molecule has 1 N–H and O–H groups in total. The molecule has 0 unspecified atom stereocenters. The van der Waals surface area contributed by atoms with Crippen molar-refractivity contribution in [3.05, 3.63) is 47.5 Å². The number of nitrogens with zero attached hydrogens (tertiary/aromatic N) is 2. The fourth-order valence-corrected chi connectivity index (χ4v) is 2.04. The summed E-state index contributed by atoms with van der Waals surface area (Å²) in [5.41, 5.74) is 2.45. The quantitative estimate of drug-likeness (QED) is 0.865. The molecule has 0 aliphatic rings. The van der Waals surface area contributed by atoms with Crippen molar-refractivity contribution in [3.63, 3.8) is 0 Å². The van der Waals surface area contributed by atoms with E-state index in [9.17, 15) is 0 Å². The summed E-state index contributed by atoms with van der Waals surface area (Å²) in [7, 11) is 2.10. The van der Waals surface area contributed by atoms with Gasteiger partial charge in [-0.05, 0) is 38.6 Å². The number of aromatic nitrogens is 1. The van der Waals surface area contributed by atoms with Gasteiger partial charge in [0.25, 0.3) is 0 Å². The van der Waals surface area contributed by atoms with Gasteiger partial charge >= 0.3 is 0 Å². The smallest absolute Gasteiger partial charge is 0.125 e. The number of hydrogen-bond acceptors (Lipinski definition) is 4. The fraction of sp³-hybridized carbons (Fsp3) is 0.400. The van der Waals surface area contributed by atoms with Crippen LogP contribution >= 0.6 is 0 Å². The lowest BCUT2D eigenvalue weighted by Gasteiger charge is -2.16. The molecule has 2 aromatic rings. The van der Waals surface area contributed by atoms with Crippen molar-refractivity contribution in [2.24, 2.45) is 0 Å². The van der Waals surface area contributed by atoms with Gasteiger partial charge in [-0.1, -0.05) is 6.07 Å². The molecule has 4 nitrogen and oxygen atoms in total. The van der Waals surface area contributed by atoms with E-state index in [4.69, 9.17) is 4.42 Å². The van der Waals surface area contributed by atoms with Crippen molar-refractivity contribution < 1.29 is 4.42 Å². The molecule has 2 rings (SSSR count). The summed E-state index contributed by atoms with van der Waals surface area (Å²) >= 11 is 0. The number of furan rings is 1. The second-order valence-electron chi connectivity index (χ2n) is 4.76. The maximum atomic E-state index is 5.31. The van der Waals surface area contributed by atoms with Gasteiger partial charge in [-0.25, -0.2) is 4.98 Å². The average Bonchev–Trinajstić information content (AvgIpc) is 2.78. The molecule has 19 heavy (non-hydrogen) atoms. The Morgan fingerprint density at radius 2 is 2.11 bits per heavy atom. The summed E-state index contributed by atoms with van der Waals surface area (Å²) < 4.78 is 5.31. The van der Waals surface area contributed by atoms with Gasteiger partial charge in [0.15, 0.2) is 0 Å². The molecule has 0 radical (unpaired) electrons. The van der Waals surface area contributed by atoms with Crippen LogP contribution in [0.5, 0.6) is 0 Å². The van der Waals surface area contributed by atoms with Crippen LogP contribution in [0.3, 0.4) is 0 Å². The van der Waals surface area contributed by atoms with Crippen molar-refractivity contribution in [3.8, 4) is 0 Å². The van der Waals surface area contributed by atoms with Crippen LogP contribution < -0.4 is 5.32 Å². The zero-order chi connectivity index (χ0) is 13.7. The molecular weight excluding hydrogens is 238 g/mol. The van der Waals surface area contributed by atoms with Crippen LogP contribution in [0.2, 0.25) is 0 Å². The topological polar surface area (TPSA) is 41.3 Å². The molecule has 0 aliphatic heterocycles. The van der Waals surface area contributed by atoms with E-state index in [0.717, 1.165) is 31.2 Å². The zero-order valence-electron chi connectivity index (χ0n) is 11.8. The molecule has 0 fully saturated rings. The first-order valence-electron chi connectivity index (χ1n) is 6.59. The molecule has 0 aromatic carbocycles. The molecule has 0 aliphatic carbocycles. The highest BCUT2D eigenvalue weighted by Gasteiger charge is 2.06. The Morgan fingerprint density at radius 1 is 1.26 bits per heavy atom. The Bertz CT molecular complexity index is 504. The number of hydrogen-bond donors (Lipinski definition) is 1. The highest BCUT2D eigenvalue weighted by atomic mass is 16.3. The molecule has 2 aromatic heterocycles. The minimum atomic E-state index is 0.879. The average molecular weight is 259 g/mol. The van der Waals surface area contributed by atoms with Crippen LogP contribution in [-0.4, -0.2) is 23.5 Å². The summed E-state index contributed by atoms with van der Waals surface area (Å²) in [6.45, 7) is 6.72. The highest BCUT2D eigenvalue weighted by molar-refractivity contribution is 5.35. The lowest BCUT2D eigenvalue weighted by Crippen LogP contribution is -2.17. The fourth-order valence-electron chi connectivity index (χ4n) is 2.04. The lowest BCUT2D eigenvalue weighted by atomic mass is 10.2. The third-order valence-corrected chi connectivity index (χ3v) is 3.04. The van der Waals surface area contributed by atoms with Crippen LogP contribution in [0.15, 0.2) is 35.1 Å². The number of nitrogens with one attached hydrogen (secondary N) is 1. The monoisotopic (exact) mass is 259 g/mol. The van der Waals surface area contributed by atoms with Gasteiger partial charge in [0.2, 0.25) is 0 Å². The first-order valence-corrected chi connectivity index (χ1v) is 6.59. The predicted octanol–water partition coefficient (Wildman–Crippen LogP) is 3.05. The van der Waals surface area contributed by atoms with Crippen LogP contribution in [0.4, 0.5) is 5.82 Å². The third-order valence-electron chi connectivity index (χ3n) is 3.04. The van der Waals surface area contributed by atoms with E-state index in [2.05, 4.69) is 35.2 Å². The molecule has 0 atom stereocenters. The van der Waals surface area contributed by atoms with Crippen molar-refractivity contribution in [2.45, 2.75) is 26.9 Å². The van der Waals surface area contributed by atoms with Gasteiger partial charge in [-0.3, -0.25) is 4.90 Å². The van der Waals surface area contributed by atoms with E-state index in [1.54, 1.807) is 6.26 Å². The molecule has 4 heteroatoms. The summed E-state index contributed by atoms with van der Waals surface area (Å²) in [5, 5.41) is 3.19. The van der Waals surface area contributed by atoms with Crippen LogP contribution in [-0.2, 0) is 13.1 Å². The maximum absolute atomic E-state index is 5.31. The normalized spacial score (nSPS) is 10.9. The van der Waals surface area contributed by atoms with Crippen molar-refractivity contribution >= 4 is 5.82 Å². The molecule has 0 amide bonds. The Kier molecular flexibility index (Phi) is 4.58. The maximum Gasteiger partial charge on any atom is 0.125 e. The lowest BCUT2D eigenvalue weighted by molar-refractivity contribution is 0.316. The van der Waals surface area contributed by atoms with Gasteiger partial charge in [0, 0.05) is 31.4 Å². The van der Waals surface area contributed by atoms with Crippen molar-refractivity contribution in [1.82, 2.24) is 9.88 Å². The van der Waals surface area contributed by atoms with E-state index in [1.807, 2.05) is 25.3 Å². The minimum Gasteiger partial charge on any atom is -0.469 e. The molecule has 0 saturated heterocycles. The van der Waals surface area contributed by atoms with E-state index in [1.165, 1.54) is 11.1 Å². The Labute approximate surface area is 114 Å². The van der Waals surface area contributed by atoms with E-state index in [0.29, 0.717) is 0 Å². The highest BCUT2D eigenvalue weighted by Crippen LogP contribution is 2.13. The molecule has 0 spiro atoms. The van der Waals surface area contributed by atoms with Gasteiger partial charge in [0.1, 0.15) is 11.6 Å². The molecule has 0 bridgehead atoms. The Hall–Kier alpha value is -1.81. The SMILES string of the molecule is CCNc1ccc(CN(C)Cc2ccoc2C)cn1. The molecular formula is C15H21N3O. The summed E-state index contributed by atoms with van der Waals surface area (Å²) in [5.74, 6) is 1.92. The second-order valence-corrected chi connectivity index (χ2v) is 4.76. The largest absolute Gasteiger partial charge is 0.469 e. The van der Waals surface area contributed by atoms with Gasteiger partial charge in [-0.2, -0.15) is 0 Å². The van der Waals surface area contributed by atoms with E-state index < -0.39 is 0 Å². The number of rotatable bonds is 6. The molecule has 2 heterocycles. The number of anilines is 1. The predicted molar refractivity (Wildman–Crippen MR) is 77.0 cm³/mol. The summed E-state index contributed by atoms with van der Waals surface area (Å²) in [6.07, 6.45) is 3.67. The molecule has 102 valence electrons. The van der Waals surface area contributed by atoms with E-state index >= 15 is 0 Å². The standard InChI is InChI=1S/C15H21N3O/c1-4-16-15-6-5-13(9-17-15)10-18(3)11-14-7-8-19-12(14)2/h5-9H,4,10-11H2,1-3H3,(H,16,17). The van der Waals surface area contributed by atoms with Crippen molar-refractivity contribution in [1.29, 1.82) is 0 Å². The first-order chi connectivity index (χ1) is 9.19. The summed E-state index contributed by atoms with van der Waals surface area (Å²) in [6, 6.07) is 6.16. The Morgan fingerprint density at radius 3 is 2.68 bits per heavy atom. The van der Waals surface area contributed by atoms with Crippen LogP contribution in [0.1, 0.15) is 23.8 Å². The number of aryl methyl sites for hydroxylation is 1. The Balaban J connectivity index is 1.91. The third kappa shape index (κ3) is 3.83. The van der Waals surface area contributed by atoms with Gasteiger partial charge in [0.05, 0.1) is 6.26 Å². The second kappa shape index (κ2) is 6.38.